The molecule has 0 radical (unpaired) electrons. The zero-order valence-corrected chi connectivity index (χ0v) is 9.57. The summed E-state index contributed by atoms with van der Waals surface area (Å²) in [5.41, 5.74) is 5.62. The van der Waals surface area contributed by atoms with Crippen LogP contribution in [0, 0.1) is 17.8 Å². The van der Waals surface area contributed by atoms with E-state index in [1.807, 2.05) is 20.8 Å². The van der Waals surface area contributed by atoms with Gasteiger partial charge in [0, 0.05) is 6.04 Å². The van der Waals surface area contributed by atoms with Crippen LogP contribution in [0.4, 0.5) is 0 Å². The van der Waals surface area contributed by atoms with Gasteiger partial charge in [-0.25, -0.2) is 0 Å². The molecule has 0 heterocycles. The normalized spacial score (nSPS) is 38.4. The fourth-order valence-corrected chi connectivity index (χ4v) is 2.56. The lowest BCUT2D eigenvalue weighted by Crippen LogP contribution is -2.41. The molecule has 2 bridgehead atoms. The van der Waals surface area contributed by atoms with Gasteiger partial charge in [0.2, 0.25) is 0 Å². The van der Waals surface area contributed by atoms with Crippen molar-refractivity contribution >= 4 is 5.97 Å². The van der Waals surface area contributed by atoms with Crippen molar-refractivity contribution in [2.24, 2.45) is 23.5 Å². The predicted molar refractivity (Wildman–Crippen MR) is 58.0 cm³/mol. The van der Waals surface area contributed by atoms with Gasteiger partial charge in [0.15, 0.2) is 0 Å². The van der Waals surface area contributed by atoms with Gasteiger partial charge < -0.3 is 10.5 Å². The van der Waals surface area contributed by atoms with Crippen molar-refractivity contribution in [3.05, 3.63) is 12.2 Å². The summed E-state index contributed by atoms with van der Waals surface area (Å²) >= 11 is 0. The first-order valence-electron chi connectivity index (χ1n) is 5.55. The molecule has 0 aliphatic heterocycles. The Morgan fingerprint density at radius 1 is 1.33 bits per heavy atom. The molecule has 3 heteroatoms. The molecular formula is C12H19NO2. The van der Waals surface area contributed by atoms with Gasteiger partial charge in [0.25, 0.3) is 0 Å². The Morgan fingerprint density at radius 3 is 2.40 bits per heavy atom. The van der Waals surface area contributed by atoms with Gasteiger partial charge in [-0.2, -0.15) is 0 Å². The maximum Gasteiger partial charge on any atom is 0.311 e. The minimum absolute atomic E-state index is 0.0464. The number of fused-ring (bicyclic) bond motifs is 2. The largest absolute Gasteiger partial charge is 0.460 e. The van der Waals surface area contributed by atoms with E-state index in [0.29, 0.717) is 11.8 Å². The third-order valence-corrected chi connectivity index (χ3v) is 3.20. The van der Waals surface area contributed by atoms with Crippen LogP contribution in [0.2, 0.25) is 0 Å². The Morgan fingerprint density at radius 2 is 1.93 bits per heavy atom. The van der Waals surface area contributed by atoms with Gasteiger partial charge >= 0.3 is 5.97 Å². The van der Waals surface area contributed by atoms with Crippen LogP contribution in [0.1, 0.15) is 27.2 Å². The van der Waals surface area contributed by atoms with Crippen molar-refractivity contribution in [1.82, 2.24) is 0 Å². The second kappa shape index (κ2) is 3.34. The maximum atomic E-state index is 11.9. The van der Waals surface area contributed by atoms with E-state index in [1.54, 1.807) is 0 Å². The van der Waals surface area contributed by atoms with Crippen LogP contribution in [-0.4, -0.2) is 17.6 Å². The van der Waals surface area contributed by atoms with E-state index in [2.05, 4.69) is 12.2 Å². The van der Waals surface area contributed by atoms with Gasteiger partial charge in [0.1, 0.15) is 5.60 Å². The predicted octanol–water partition coefficient (Wildman–Crippen LogP) is 1.48. The van der Waals surface area contributed by atoms with Gasteiger partial charge in [-0.1, -0.05) is 12.2 Å². The number of carbonyl (C=O) groups is 1. The molecule has 2 aliphatic carbocycles. The molecule has 2 N–H and O–H groups in total. The first-order chi connectivity index (χ1) is 6.88. The minimum Gasteiger partial charge on any atom is -0.460 e. The first-order valence-corrected chi connectivity index (χ1v) is 5.55. The highest BCUT2D eigenvalue weighted by Crippen LogP contribution is 2.43. The average Bonchev–Trinajstić information content (AvgIpc) is 2.59. The van der Waals surface area contributed by atoms with E-state index in [-0.39, 0.29) is 17.9 Å². The molecule has 2 aliphatic rings. The summed E-state index contributed by atoms with van der Waals surface area (Å²) in [6.45, 7) is 5.67. The number of carbonyl (C=O) groups excluding carboxylic acids is 1. The van der Waals surface area contributed by atoms with Gasteiger partial charge in [0.05, 0.1) is 5.92 Å². The molecule has 0 saturated heterocycles. The van der Waals surface area contributed by atoms with Crippen LogP contribution in [0.3, 0.4) is 0 Å². The Balaban J connectivity index is 2.06. The molecule has 1 fully saturated rings. The minimum atomic E-state index is -0.414. The van der Waals surface area contributed by atoms with Crippen molar-refractivity contribution in [2.75, 3.05) is 0 Å². The van der Waals surface area contributed by atoms with E-state index in [4.69, 9.17) is 10.5 Å². The van der Waals surface area contributed by atoms with Gasteiger partial charge in [-0.15, -0.1) is 0 Å². The number of ether oxygens (including phenoxy) is 1. The number of hydrogen-bond acceptors (Lipinski definition) is 3. The fraction of sp³-hybridized carbons (Fsp3) is 0.750. The standard InChI is InChI=1S/C12H19NO2/c1-12(2,3)15-11(14)9-7-4-5-8(6-7)10(9)13/h4-5,7-10H,6,13H2,1-3H3/t7?,8?,9-,10-/m1/s1. The lowest BCUT2D eigenvalue weighted by atomic mass is 9.89. The maximum absolute atomic E-state index is 11.9. The highest BCUT2D eigenvalue weighted by molar-refractivity contribution is 5.75. The smallest absolute Gasteiger partial charge is 0.311 e. The quantitative estimate of drug-likeness (QED) is 0.525. The summed E-state index contributed by atoms with van der Waals surface area (Å²) in [5, 5.41) is 0. The van der Waals surface area contributed by atoms with Gasteiger partial charge in [-0.05, 0) is 39.0 Å². The van der Waals surface area contributed by atoms with Crippen LogP contribution in [0.25, 0.3) is 0 Å². The molecule has 0 aromatic heterocycles. The van der Waals surface area contributed by atoms with Crippen LogP contribution in [-0.2, 0) is 9.53 Å². The summed E-state index contributed by atoms with van der Waals surface area (Å²) in [6, 6.07) is -0.0464. The number of hydrogen-bond donors (Lipinski definition) is 1. The van der Waals surface area contributed by atoms with Gasteiger partial charge in [-0.3, -0.25) is 4.79 Å². The molecule has 0 aromatic rings. The van der Waals surface area contributed by atoms with Crippen LogP contribution in [0.15, 0.2) is 12.2 Å². The summed E-state index contributed by atoms with van der Waals surface area (Å²) in [7, 11) is 0. The van der Waals surface area contributed by atoms with Crippen molar-refractivity contribution in [1.29, 1.82) is 0 Å². The van der Waals surface area contributed by atoms with E-state index < -0.39 is 5.60 Å². The summed E-state index contributed by atoms with van der Waals surface area (Å²) in [5.74, 6) is 0.429. The van der Waals surface area contributed by atoms with E-state index >= 15 is 0 Å². The lowest BCUT2D eigenvalue weighted by molar-refractivity contribution is -0.161. The first kappa shape index (κ1) is 10.7. The number of allylic oxidation sites excluding steroid dienone is 1. The van der Waals surface area contributed by atoms with Crippen molar-refractivity contribution < 1.29 is 9.53 Å². The monoisotopic (exact) mass is 209 g/mol. The Kier molecular flexibility index (Phi) is 2.38. The molecule has 15 heavy (non-hydrogen) atoms. The zero-order chi connectivity index (χ0) is 11.2. The number of rotatable bonds is 1. The van der Waals surface area contributed by atoms with E-state index in [0.717, 1.165) is 6.42 Å². The summed E-state index contributed by atoms with van der Waals surface area (Å²) < 4.78 is 5.39. The third-order valence-electron chi connectivity index (χ3n) is 3.20. The Hall–Kier alpha value is -0.830. The molecule has 0 spiro atoms. The van der Waals surface area contributed by atoms with Crippen LogP contribution in [0.5, 0.6) is 0 Å². The SMILES string of the molecule is CC(C)(C)OC(=O)[C@@H]1C2C=CC(C2)[C@H]1N. The summed E-state index contributed by atoms with van der Waals surface area (Å²) in [4.78, 5) is 11.9. The molecule has 4 atom stereocenters. The highest BCUT2D eigenvalue weighted by atomic mass is 16.6. The molecular weight excluding hydrogens is 190 g/mol. The van der Waals surface area contributed by atoms with E-state index in [9.17, 15) is 4.79 Å². The topological polar surface area (TPSA) is 52.3 Å². The molecule has 1 saturated carbocycles. The highest BCUT2D eigenvalue weighted by Gasteiger charge is 2.47. The summed E-state index contributed by atoms with van der Waals surface area (Å²) in [6.07, 6.45) is 5.27. The van der Waals surface area contributed by atoms with E-state index in [1.165, 1.54) is 0 Å². The molecule has 0 amide bonds. The average molecular weight is 209 g/mol. The van der Waals surface area contributed by atoms with Crippen molar-refractivity contribution in [2.45, 2.75) is 38.8 Å². The number of nitrogens with two attached hydrogens (primary N) is 1. The fourth-order valence-electron chi connectivity index (χ4n) is 2.56. The molecule has 84 valence electrons. The molecule has 2 rings (SSSR count). The third kappa shape index (κ3) is 1.93. The molecule has 2 unspecified atom stereocenters. The molecule has 3 nitrogen and oxygen atoms in total. The van der Waals surface area contributed by atoms with Crippen molar-refractivity contribution in [3.8, 4) is 0 Å². The van der Waals surface area contributed by atoms with Crippen LogP contribution >= 0.6 is 0 Å². The Labute approximate surface area is 90.7 Å². The zero-order valence-electron chi connectivity index (χ0n) is 9.57. The van der Waals surface area contributed by atoms with Crippen molar-refractivity contribution in [3.63, 3.8) is 0 Å². The Bertz CT molecular complexity index is 303. The van der Waals surface area contributed by atoms with Crippen LogP contribution < -0.4 is 5.73 Å². The second-order valence-electron chi connectivity index (χ2n) is 5.58. The lowest BCUT2D eigenvalue weighted by Gasteiger charge is -2.27. The second-order valence-corrected chi connectivity index (χ2v) is 5.58. The number of esters is 1. The molecule has 0 aromatic carbocycles.